The topological polar surface area (TPSA) is 49.8 Å². The Hall–Kier alpha value is -1.39. The summed E-state index contributed by atoms with van der Waals surface area (Å²) >= 11 is 0. The number of hydrogen-bond donors (Lipinski definition) is 1. The average Bonchev–Trinajstić information content (AvgIpc) is 2.51. The van der Waals surface area contributed by atoms with Gasteiger partial charge in [-0.2, -0.15) is 0 Å². The number of nitrogens with zero attached hydrogens (tertiary/aromatic N) is 1. The molecule has 0 saturated carbocycles. The number of carbonyl (C=O) groups is 1. The van der Waals surface area contributed by atoms with E-state index in [2.05, 4.69) is 18.7 Å². The number of ether oxygens (including phenoxy) is 1. The van der Waals surface area contributed by atoms with Gasteiger partial charge in [0.2, 0.25) is 0 Å². The van der Waals surface area contributed by atoms with Gasteiger partial charge in [0, 0.05) is 31.6 Å². The van der Waals surface area contributed by atoms with Crippen molar-refractivity contribution in [1.82, 2.24) is 4.90 Å². The van der Waals surface area contributed by atoms with Crippen molar-refractivity contribution < 1.29 is 14.6 Å². The summed E-state index contributed by atoms with van der Waals surface area (Å²) in [6.07, 6.45) is 1.28. The molecule has 4 nitrogen and oxygen atoms in total. The van der Waals surface area contributed by atoms with Gasteiger partial charge >= 0.3 is 0 Å². The minimum Gasteiger partial charge on any atom is -0.491 e. The zero-order chi connectivity index (χ0) is 16.8. The summed E-state index contributed by atoms with van der Waals surface area (Å²) in [4.78, 5) is 13.9. The fourth-order valence-electron chi connectivity index (χ4n) is 3.43. The smallest absolute Gasteiger partial charge is 0.162 e. The summed E-state index contributed by atoms with van der Waals surface area (Å²) in [7, 11) is 0. The number of aliphatic hydroxyl groups excluding tert-OH is 1. The zero-order valence-electron chi connectivity index (χ0n) is 14.5. The van der Waals surface area contributed by atoms with Gasteiger partial charge in [-0.15, -0.1) is 0 Å². The van der Waals surface area contributed by atoms with Crippen LogP contribution in [0.3, 0.4) is 0 Å². The molecule has 0 spiro atoms. The molecule has 1 aliphatic heterocycles. The lowest BCUT2D eigenvalue weighted by Gasteiger charge is -2.35. The van der Waals surface area contributed by atoms with Crippen molar-refractivity contribution in [1.29, 1.82) is 0 Å². The number of likely N-dealkylation sites (tertiary alicyclic amines) is 1. The molecule has 1 fully saturated rings. The third-order valence-electron chi connectivity index (χ3n) is 4.35. The maximum atomic E-state index is 11.6. The van der Waals surface area contributed by atoms with Gasteiger partial charge in [-0.3, -0.25) is 4.79 Å². The maximum absolute atomic E-state index is 11.6. The molecule has 0 bridgehead atoms. The Morgan fingerprint density at radius 3 is 2.43 bits per heavy atom. The molecule has 1 aromatic carbocycles. The fourth-order valence-corrected chi connectivity index (χ4v) is 3.43. The summed E-state index contributed by atoms with van der Waals surface area (Å²) < 4.78 is 5.64. The third-order valence-corrected chi connectivity index (χ3v) is 4.35. The van der Waals surface area contributed by atoms with Gasteiger partial charge in [-0.1, -0.05) is 20.8 Å². The van der Waals surface area contributed by atoms with Crippen LogP contribution in [-0.4, -0.2) is 48.1 Å². The van der Waals surface area contributed by atoms with Gasteiger partial charge in [0.1, 0.15) is 18.5 Å². The first-order chi connectivity index (χ1) is 11.0. The highest BCUT2D eigenvalue weighted by Crippen LogP contribution is 2.21. The number of β-amino-alcohol motifs (C(OH)–C–C–N with tert-alkyl or cyclic N) is 1. The standard InChI is InChI=1S/C19H29NO3/c1-4-19(22)16-5-7-18(8-6-16)23-13-17(21)12-20-10-14(2)9-15(3)11-20/h5-8,14-15,17,21H,4,9-13H2,1-3H3. The number of carbonyl (C=O) groups excluding carboxylic acids is 1. The lowest BCUT2D eigenvalue weighted by Crippen LogP contribution is -2.43. The van der Waals surface area contributed by atoms with Crippen LogP contribution in [0.25, 0.3) is 0 Å². The van der Waals surface area contributed by atoms with Crippen molar-refractivity contribution in [3.05, 3.63) is 29.8 Å². The first-order valence-electron chi connectivity index (χ1n) is 8.64. The Balaban J connectivity index is 1.77. The van der Waals surface area contributed by atoms with Crippen molar-refractivity contribution in [2.45, 2.75) is 39.7 Å². The lowest BCUT2D eigenvalue weighted by molar-refractivity contribution is 0.0429. The SMILES string of the molecule is CCC(=O)c1ccc(OCC(O)CN2CC(C)CC(C)C2)cc1. The van der Waals surface area contributed by atoms with Crippen LogP contribution in [0.2, 0.25) is 0 Å². The van der Waals surface area contributed by atoms with E-state index in [1.807, 2.05) is 6.92 Å². The molecule has 0 aliphatic carbocycles. The predicted molar refractivity (Wildman–Crippen MR) is 92.0 cm³/mol. The van der Waals surface area contributed by atoms with E-state index in [-0.39, 0.29) is 12.4 Å². The second-order valence-corrected chi connectivity index (χ2v) is 6.93. The van der Waals surface area contributed by atoms with Gasteiger partial charge in [0.15, 0.2) is 5.78 Å². The van der Waals surface area contributed by atoms with Gasteiger partial charge in [0.25, 0.3) is 0 Å². The van der Waals surface area contributed by atoms with Crippen molar-refractivity contribution in [3.8, 4) is 5.75 Å². The molecule has 0 aromatic heterocycles. The highest BCUT2D eigenvalue weighted by Gasteiger charge is 2.23. The average molecular weight is 319 g/mol. The molecule has 23 heavy (non-hydrogen) atoms. The van der Waals surface area contributed by atoms with Crippen LogP contribution >= 0.6 is 0 Å². The Morgan fingerprint density at radius 1 is 1.26 bits per heavy atom. The quantitative estimate of drug-likeness (QED) is 0.785. The van der Waals surface area contributed by atoms with E-state index in [0.717, 1.165) is 13.1 Å². The minimum atomic E-state index is -0.496. The molecule has 1 N–H and O–H groups in total. The van der Waals surface area contributed by atoms with E-state index in [1.165, 1.54) is 6.42 Å². The highest BCUT2D eigenvalue weighted by atomic mass is 16.5. The molecule has 4 heteroatoms. The van der Waals surface area contributed by atoms with E-state index in [0.29, 0.717) is 36.1 Å². The Morgan fingerprint density at radius 2 is 1.87 bits per heavy atom. The summed E-state index contributed by atoms with van der Waals surface area (Å²) in [5.41, 5.74) is 0.705. The predicted octanol–water partition coefficient (Wildman–Crippen LogP) is 3.00. The second-order valence-electron chi connectivity index (χ2n) is 6.93. The largest absolute Gasteiger partial charge is 0.491 e. The molecular formula is C19H29NO3. The summed E-state index contributed by atoms with van der Waals surface area (Å²) in [6.45, 7) is 9.42. The summed E-state index contributed by atoms with van der Waals surface area (Å²) in [5, 5.41) is 10.2. The molecule has 2 rings (SSSR count). The number of aliphatic hydroxyl groups is 1. The molecule has 1 saturated heterocycles. The van der Waals surface area contributed by atoms with Crippen LogP contribution in [-0.2, 0) is 0 Å². The molecule has 128 valence electrons. The van der Waals surface area contributed by atoms with Crippen LogP contribution in [0.4, 0.5) is 0 Å². The Labute approximate surface area is 139 Å². The van der Waals surface area contributed by atoms with Gasteiger partial charge in [0.05, 0.1) is 0 Å². The summed E-state index contributed by atoms with van der Waals surface area (Å²) in [6, 6.07) is 7.14. The number of Topliss-reactive ketones (excluding diaryl/α,β-unsaturated/α-hetero) is 1. The van der Waals surface area contributed by atoms with Crippen LogP contribution in [0.1, 0.15) is 44.0 Å². The number of rotatable bonds is 7. The second kappa shape index (κ2) is 8.46. The van der Waals surface area contributed by atoms with Gasteiger partial charge in [-0.05, 0) is 42.5 Å². The Kier molecular flexibility index (Phi) is 6.60. The number of piperidine rings is 1. The van der Waals surface area contributed by atoms with Crippen molar-refractivity contribution in [2.24, 2.45) is 11.8 Å². The third kappa shape index (κ3) is 5.63. The van der Waals surface area contributed by atoms with E-state index < -0.39 is 6.10 Å². The van der Waals surface area contributed by atoms with Crippen LogP contribution < -0.4 is 4.74 Å². The molecule has 1 heterocycles. The van der Waals surface area contributed by atoms with E-state index >= 15 is 0 Å². The molecule has 1 aromatic rings. The maximum Gasteiger partial charge on any atom is 0.162 e. The van der Waals surface area contributed by atoms with Crippen LogP contribution in [0.15, 0.2) is 24.3 Å². The number of ketones is 1. The number of benzene rings is 1. The van der Waals surface area contributed by atoms with Gasteiger partial charge < -0.3 is 14.7 Å². The normalized spacial score (nSPS) is 23.5. The molecule has 0 radical (unpaired) electrons. The first-order valence-corrected chi connectivity index (χ1v) is 8.64. The Bertz CT molecular complexity index is 490. The molecule has 3 unspecified atom stereocenters. The lowest BCUT2D eigenvalue weighted by atomic mass is 9.92. The molecule has 0 amide bonds. The molecule has 3 atom stereocenters. The van der Waals surface area contributed by atoms with E-state index in [4.69, 9.17) is 4.74 Å². The zero-order valence-corrected chi connectivity index (χ0v) is 14.5. The summed E-state index contributed by atoms with van der Waals surface area (Å²) in [5.74, 6) is 2.20. The van der Waals surface area contributed by atoms with E-state index in [1.54, 1.807) is 24.3 Å². The molecular weight excluding hydrogens is 290 g/mol. The van der Waals surface area contributed by atoms with Crippen molar-refractivity contribution >= 4 is 5.78 Å². The van der Waals surface area contributed by atoms with Crippen molar-refractivity contribution in [2.75, 3.05) is 26.2 Å². The van der Waals surface area contributed by atoms with E-state index in [9.17, 15) is 9.90 Å². The number of hydrogen-bond acceptors (Lipinski definition) is 4. The molecule has 1 aliphatic rings. The van der Waals surface area contributed by atoms with Gasteiger partial charge in [-0.25, -0.2) is 0 Å². The van der Waals surface area contributed by atoms with Crippen molar-refractivity contribution in [3.63, 3.8) is 0 Å². The van der Waals surface area contributed by atoms with Crippen LogP contribution in [0.5, 0.6) is 5.75 Å². The first kappa shape index (κ1) is 18.0. The highest BCUT2D eigenvalue weighted by molar-refractivity contribution is 5.95. The van der Waals surface area contributed by atoms with Crippen LogP contribution in [0, 0.1) is 11.8 Å². The minimum absolute atomic E-state index is 0.130. The fraction of sp³-hybridized carbons (Fsp3) is 0.632. The monoisotopic (exact) mass is 319 g/mol.